The van der Waals surface area contributed by atoms with Crippen molar-refractivity contribution in [3.63, 3.8) is 0 Å². The molecular formula is C23H15N3O4. The monoisotopic (exact) mass is 397 g/mol. The minimum absolute atomic E-state index is 0.0135. The lowest BCUT2D eigenvalue weighted by atomic mass is 10.1. The van der Waals surface area contributed by atoms with Gasteiger partial charge in [0.15, 0.2) is 17.2 Å². The van der Waals surface area contributed by atoms with Crippen LogP contribution in [0.1, 0.15) is 16.1 Å². The Morgan fingerprint density at radius 2 is 1.67 bits per heavy atom. The highest BCUT2D eigenvalue weighted by Gasteiger charge is 2.20. The number of hydrogen-bond donors (Lipinski definition) is 0. The van der Waals surface area contributed by atoms with Crippen LogP contribution in [-0.4, -0.2) is 22.9 Å². The van der Waals surface area contributed by atoms with Gasteiger partial charge in [-0.05, 0) is 30.3 Å². The van der Waals surface area contributed by atoms with Crippen molar-refractivity contribution in [2.24, 2.45) is 0 Å². The lowest BCUT2D eigenvalue weighted by Gasteiger charge is -2.12. The third-order valence-corrected chi connectivity index (χ3v) is 4.49. The molecule has 0 saturated carbocycles. The molecule has 0 radical (unpaired) electrons. The average Bonchev–Trinajstić information content (AvgIpc) is 2.80. The predicted octanol–water partition coefficient (Wildman–Crippen LogP) is 3.49. The maximum absolute atomic E-state index is 13.0. The molecule has 1 aromatic heterocycles. The Bertz CT molecular complexity index is 1350. The molecule has 4 rings (SSSR count). The first-order valence-corrected chi connectivity index (χ1v) is 9.00. The van der Waals surface area contributed by atoms with E-state index in [9.17, 15) is 9.59 Å². The van der Waals surface area contributed by atoms with Crippen molar-refractivity contribution in [3.05, 3.63) is 94.4 Å². The lowest BCUT2D eigenvalue weighted by molar-refractivity contribution is 0.0724. The molecule has 0 fully saturated rings. The van der Waals surface area contributed by atoms with Crippen molar-refractivity contribution in [3.8, 4) is 23.3 Å². The Kier molecular flexibility index (Phi) is 4.97. The SMILES string of the molecule is COc1cc(C#N)ccc1OC(=O)c1nn(-c2ccccc2)c(=O)c2ccccc12. The number of ether oxygens (including phenoxy) is 2. The molecule has 0 atom stereocenters. The van der Waals surface area contributed by atoms with Crippen LogP contribution in [0.25, 0.3) is 16.5 Å². The number of fused-ring (bicyclic) bond motifs is 1. The van der Waals surface area contributed by atoms with Gasteiger partial charge in [-0.15, -0.1) is 0 Å². The Hall–Kier alpha value is -4.44. The molecule has 0 bridgehead atoms. The van der Waals surface area contributed by atoms with E-state index in [1.165, 1.54) is 30.0 Å². The van der Waals surface area contributed by atoms with Gasteiger partial charge in [0, 0.05) is 11.5 Å². The summed E-state index contributed by atoms with van der Waals surface area (Å²) in [5.41, 5.74) is 0.538. The van der Waals surface area contributed by atoms with Crippen LogP contribution in [0.15, 0.2) is 77.6 Å². The molecule has 7 heteroatoms. The quantitative estimate of drug-likeness (QED) is 0.387. The fraction of sp³-hybridized carbons (Fsp3) is 0.0435. The summed E-state index contributed by atoms with van der Waals surface area (Å²) < 4.78 is 11.9. The van der Waals surface area contributed by atoms with Crippen LogP contribution < -0.4 is 15.0 Å². The average molecular weight is 397 g/mol. The van der Waals surface area contributed by atoms with Crippen molar-refractivity contribution < 1.29 is 14.3 Å². The van der Waals surface area contributed by atoms with Gasteiger partial charge in [-0.2, -0.15) is 15.0 Å². The first kappa shape index (κ1) is 18.9. The Labute approximate surface area is 171 Å². The molecule has 1 heterocycles. The molecule has 0 spiro atoms. The molecule has 30 heavy (non-hydrogen) atoms. The van der Waals surface area contributed by atoms with Crippen LogP contribution in [0.3, 0.4) is 0 Å². The molecular weight excluding hydrogens is 382 g/mol. The largest absolute Gasteiger partial charge is 0.493 e. The highest BCUT2D eigenvalue weighted by molar-refractivity contribution is 6.03. The Morgan fingerprint density at radius 3 is 2.37 bits per heavy atom. The van der Waals surface area contributed by atoms with Crippen molar-refractivity contribution in [1.29, 1.82) is 5.26 Å². The third-order valence-electron chi connectivity index (χ3n) is 4.49. The first-order chi connectivity index (χ1) is 14.6. The summed E-state index contributed by atoms with van der Waals surface area (Å²) in [6.07, 6.45) is 0. The van der Waals surface area contributed by atoms with Gasteiger partial charge in [0.25, 0.3) is 5.56 Å². The van der Waals surface area contributed by atoms with Crippen LogP contribution in [0.2, 0.25) is 0 Å². The van der Waals surface area contributed by atoms with Gasteiger partial charge in [-0.1, -0.05) is 36.4 Å². The second-order valence-electron chi connectivity index (χ2n) is 6.31. The van der Waals surface area contributed by atoms with Gasteiger partial charge < -0.3 is 9.47 Å². The highest BCUT2D eigenvalue weighted by Crippen LogP contribution is 2.29. The third kappa shape index (κ3) is 3.38. The first-order valence-electron chi connectivity index (χ1n) is 9.00. The van der Waals surface area contributed by atoms with E-state index in [0.29, 0.717) is 22.0 Å². The summed E-state index contributed by atoms with van der Waals surface area (Å²) in [5.74, 6) is -0.369. The van der Waals surface area contributed by atoms with Crippen LogP contribution in [0.5, 0.6) is 11.5 Å². The minimum Gasteiger partial charge on any atom is -0.493 e. The summed E-state index contributed by atoms with van der Waals surface area (Å²) in [4.78, 5) is 26.0. The second-order valence-corrected chi connectivity index (χ2v) is 6.31. The standard InChI is InChI=1S/C23H15N3O4/c1-29-20-13-15(14-24)11-12-19(20)30-23(28)21-17-9-5-6-10-18(17)22(27)26(25-21)16-7-3-2-4-8-16/h2-13H,1H3. The van der Waals surface area contributed by atoms with E-state index < -0.39 is 5.97 Å². The van der Waals surface area contributed by atoms with Gasteiger partial charge in [-0.3, -0.25) is 4.79 Å². The van der Waals surface area contributed by atoms with Gasteiger partial charge in [0.05, 0.1) is 29.8 Å². The summed E-state index contributed by atoms with van der Waals surface area (Å²) in [5, 5.41) is 14.1. The number of methoxy groups -OCH3 is 1. The number of benzene rings is 3. The fourth-order valence-electron chi connectivity index (χ4n) is 3.05. The number of esters is 1. The Balaban J connectivity index is 1.85. The summed E-state index contributed by atoms with van der Waals surface area (Å²) in [6.45, 7) is 0. The molecule has 0 aliphatic carbocycles. The zero-order valence-electron chi connectivity index (χ0n) is 15.9. The van der Waals surface area contributed by atoms with E-state index in [2.05, 4.69) is 5.10 Å². The summed E-state index contributed by atoms with van der Waals surface area (Å²) in [7, 11) is 1.41. The second kappa shape index (κ2) is 7.89. The minimum atomic E-state index is -0.751. The number of hydrogen-bond acceptors (Lipinski definition) is 6. The van der Waals surface area contributed by atoms with Gasteiger partial charge in [0.2, 0.25) is 0 Å². The molecule has 0 aliphatic rings. The van der Waals surface area contributed by atoms with Crippen molar-refractivity contribution in [2.75, 3.05) is 7.11 Å². The number of para-hydroxylation sites is 1. The van der Waals surface area contributed by atoms with E-state index in [0.717, 1.165) is 0 Å². The molecule has 0 amide bonds. The van der Waals surface area contributed by atoms with Gasteiger partial charge in [-0.25, -0.2) is 4.79 Å². The molecule has 0 unspecified atom stereocenters. The van der Waals surface area contributed by atoms with E-state index in [1.807, 2.05) is 12.1 Å². The smallest absolute Gasteiger partial charge is 0.364 e. The fourth-order valence-corrected chi connectivity index (χ4v) is 3.05. The highest BCUT2D eigenvalue weighted by atomic mass is 16.6. The van der Waals surface area contributed by atoms with E-state index in [4.69, 9.17) is 14.7 Å². The van der Waals surface area contributed by atoms with E-state index in [-0.39, 0.29) is 22.8 Å². The molecule has 0 saturated heterocycles. The lowest BCUT2D eigenvalue weighted by Crippen LogP contribution is -2.26. The van der Waals surface area contributed by atoms with Crippen molar-refractivity contribution in [2.45, 2.75) is 0 Å². The van der Waals surface area contributed by atoms with Crippen molar-refractivity contribution >= 4 is 16.7 Å². The molecule has 4 aromatic rings. The number of nitrogens with zero attached hydrogens (tertiary/aromatic N) is 3. The van der Waals surface area contributed by atoms with E-state index in [1.54, 1.807) is 48.5 Å². The van der Waals surface area contributed by atoms with Crippen LogP contribution in [-0.2, 0) is 0 Å². The summed E-state index contributed by atoms with van der Waals surface area (Å²) in [6, 6.07) is 22.0. The maximum Gasteiger partial charge on any atom is 0.364 e. The van der Waals surface area contributed by atoms with Gasteiger partial charge in [0.1, 0.15) is 0 Å². The van der Waals surface area contributed by atoms with Crippen molar-refractivity contribution in [1.82, 2.24) is 9.78 Å². The topological polar surface area (TPSA) is 94.2 Å². The number of nitriles is 1. The Morgan fingerprint density at radius 1 is 0.967 bits per heavy atom. The van der Waals surface area contributed by atoms with Crippen LogP contribution in [0.4, 0.5) is 0 Å². The zero-order chi connectivity index (χ0) is 21.1. The number of carbonyl (C=O) groups excluding carboxylic acids is 1. The predicted molar refractivity (Wildman–Crippen MR) is 110 cm³/mol. The normalized spacial score (nSPS) is 10.4. The number of rotatable bonds is 4. The van der Waals surface area contributed by atoms with Crippen LogP contribution in [0, 0.1) is 11.3 Å². The maximum atomic E-state index is 13.0. The summed E-state index contributed by atoms with van der Waals surface area (Å²) >= 11 is 0. The number of aromatic nitrogens is 2. The zero-order valence-corrected chi connectivity index (χ0v) is 15.9. The molecule has 7 nitrogen and oxygen atoms in total. The molecule has 3 aromatic carbocycles. The molecule has 0 N–H and O–H groups in total. The van der Waals surface area contributed by atoms with Gasteiger partial charge >= 0.3 is 5.97 Å². The van der Waals surface area contributed by atoms with Crippen LogP contribution >= 0.6 is 0 Å². The van der Waals surface area contributed by atoms with E-state index >= 15 is 0 Å². The molecule has 0 aliphatic heterocycles. The number of carbonyl (C=O) groups is 1. The molecule has 146 valence electrons.